The highest BCUT2D eigenvalue weighted by molar-refractivity contribution is 9.10. The Morgan fingerprint density at radius 3 is 2.71 bits per heavy atom. The molecule has 1 rings (SSSR count). The molecule has 6 nitrogen and oxygen atoms in total. The molecule has 0 saturated carbocycles. The molecule has 0 unspecified atom stereocenters. The van der Waals surface area contributed by atoms with E-state index in [4.69, 9.17) is 0 Å². The predicted octanol–water partition coefficient (Wildman–Crippen LogP) is -0.000200. The normalized spacial score (nSPS) is 11.4. The molecule has 0 fully saturated rings. The van der Waals surface area contributed by atoms with Gasteiger partial charge in [-0.1, -0.05) is 15.9 Å². The lowest BCUT2D eigenvalue weighted by atomic mass is 10.2. The van der Waals surface area contributed by atoms with Crippen molar-refractivity contribution in [2.24, 2.45) is 7.05 Å². The van der Waals surface area contributed by atoms with Gasteiger partial charge in [0.05, 0.1) is 17.9 Å². The summed E-state index contributed by atoms with van der Waals surface area (Å²) in [6.45, 7) is 3.83. The van der Waals surface area contributed by atoms with Crippen LogP contribution in [0.15, 0.2) is 0 Å². The van der Waals surface area contributed by atoms with E-state index in [9.17, 15) is 4.79 Å². The topological polar surface area (TPSA) is 72.7 Å². The van der Waals surface area contributed by atoms with E-state index in [0.717, 1.165) is 0 Å². The number of rotatable bonds is 3. The SMILES string of the molecule is Cn1nnc(CNC(=O)C(C)(C)Br)n1. The van der Waals surface area contributed by atoms with Gasteiger partial charge in [-0.15, -0.1) is 10.2 Å². The van der Waals surface area contributed by atoms with E-state index in [-0.39, 0.29) is 5.91 Å². The van der Waals surface area contributed by atoms with Gasteiger partial charge >= 0.3 is 0 Å². The molecule has 0 aliphatic heterocycles. The quantitative estimate of drug-likeness (QED) is 0.778. The molecule has 1 N–H and O–H groups in total. The Kier molecular flexibility index (Phi) is 3.20. The predicted molar refractivity (Wildman–Crippen MR) is 53.7 cm³/mol. The highest BCUT2D eigenvalue weighted by Crippen LogP contribution is 2.15. The van der Waals surface area contributed by atoms with E-state index in [1.54, 1.807) is 20.9 Å². The maximum atomic E-state index is 11.4. The fraction of sp³-hybridized carbons (Fsp3) is 0.714. The van der Waals surface area contributed by atoms with Crippen LogP contribution in [0.2, 0.25) is 0 Å². The van der Waals surface area contributed by atoms with Gasteiger partial charge < -0.3 is 5.32 Å². The molecule has 1 aromatic rings. The summed E-state index contributed by atoms with van der Waals surface area (Å²) in [4.78, 5) is 12.8. The number of alkyl halides is 1. The van der Waals surface area contributed by atoms with Crippen LogP contribution >= 0.6 is 15.9 Å². The monoisotopic (exact) mass is 261 g/mol. The van der Waals surface area contributed by atoms with E-state index in [2.05, 4.69) is 36.7 Å². The third-order valence-corrected chi connectivity index (χ3v) is 1.86. The molecule has 0 spiro atoms. The summed E-state index contributed by atoms with van der Waals surface area (Å²) in [6.07, 6.45) is 0. The number of aromatic nitrogens is 4. The molecule has 0 aliphatic carbocycles. The maximum Gasteiger partial charge on any atom is 0.236 e. The Labute approximate surface area is 90.2 Å². The van der Waals surface area contributed by atoms with Crippen molar-refractivity contribution < 1.29 is 4.79 Å². The van der Waals surface area contributed by atoms with Gasteiger partial charge in [-0.3, -0.25) is 4.79 Å². The van der Waals surface area contributed by atoms with Crippen LogP contribution in [0.1, 0.15) is 19.7 Å². The molecular formula is C7H12BrN5O. The smallest absolute Gasteiger partial charge is 0.236 e. The third-order valence-electron chi connectivity index (χ3n) is 1.50. The van der Waals surface area contributed by atoms with Crippen LogP contribution in [0.4, 0.5) is 0 Å². The first-order valence-corrected chi connectivity index (χ1v) is 4.89. The van der Waals surface area contributed by atoms with Crippen molar-refractivity contribution >= 4 is 21.8 Å². The van der Waals surface area contributed by atoms with Crippen LogP contribution in [-0.4, -0.2) is 30.4 Å². The molecule has 14 heavy (non-hydrogen) atoms. The largest absolute Gasteiger partial charge is 0.347 e. The number of tetrazole rings is 1. The van der Waals surface area contributed by atoms with Crippen LogP contribution in [0.3, 0.4) is 0 Å². The van der Waals surface area contributed by atoms with Crippen LogP contribution < -0.4 is 5.32 Å². The van der Waals surface area contributed by atoms with Crippen molar-refractivity contribution in [3.63, 3.8) is 0 Å². The average Bonchev–Trinajstić information content (AvgIpc) is 2.45. The van der Waals surface area contributed by atoms with Crippen LogP contribution in [0.5, 0.6) is 0 Å². The molecule has 0 bridgehead atoms. The Balaban J connectivity index is 2.46. The fourth-order valence-corrected chi connectivity index (χ4v) is 0.904. The zero-order valence-electron chi connectivity index (χ0n) is 8.28. The zero-order valence-corrected chi connectivity index (χ0v) is 9.87. The number of nitrogens with zero attached hydrogens (tertiary/aromatic N) is 4. The van der Waals surface area contributed by atoms with Gasteiger partial charge in [0.2, 0.25) is 5.91 Å². The Bertz CT molecular complexity index is 329. The number of carbonyl (C=O) groups is 1. The number of halogens is 1. The van der Waals surface area contributed by atoms with Gasteiger partial charge in [-0.2, -0.15) is 4.80 Å². The first-order chi connectivity index (χ1) is 6.39. The number of hydrogen-bond acceptors (Lipinski definition) is 4. The molecule has 1 aromatic heterocycles. The van der Waals surface area contributed by atoms with E-state index >= 15 is 0 Å². The highest BCUT2D eigenvalue weighted by Gasteiger charge is 2.23. The second-order valence-electron chi connectivity index (χ2n) is 3.35. The fourth-order valence-electron chi connectivity index (χ4n) is 0.764. The number of nitrogens with one attached hydrogen (secondary N) is 1. The number of carbonyl (C=O) groups excluding carboxylic acids is 1. The summed E-state index contributed by atoms with van der Waals surface area (Å²) in [5.41, 5.74) is 0. The van der Waals surface area contributed by atoms with Crippen molar-refractivity contribution in [3.8, 4) is 0 Å². The lowest BCUT2D eigenvalue weighted by Gasteiger charge is -2.14. The van der Waals surface area contributed by atoms with Gasteiger partial charge in [0, 0.05) is 0 Å². The number of amides is 1. The van der Waals surface area contributed by atoms with Crippen LogP contribution in [-0.2, 0) is 18.4 Å². The van der Waals surface area contributed by atoms with E-state index < -0.39 is 4.32 Å². The molecule has 78 valence electrons. The first kappa shape index (κ1) is 11.1. The summed E-state index contributed by atoms with van der Waals surface area (Å²) in [5, 5.41) is 14.0. The second-order valence-corrected chi connectivity index (χ2v) is 5.33. The molecule has 1 amide bonds. The summed E-state index contributed by atoms with van der Waals surface area (Å²) < 4.78 is -0.574. The lowest BCUT2D eigenvalue weighted by molar-refractivity contribution is -0.122. The minimum absolute atomic E-state index is 0.107. The lowest BCUT2D eigenvalue weighted by Crippen LogP contribution is -2.37. The highest BCUT2D eigenvalue weighted by atomic mass is 79.9. The van der Waals surface area contributed by atoms with Gasteiger partial charge in [0.1, 0.15) is 0 Å². The maximum absolute atomic E-state index is 11.4. The summed E-state index contributed by atoms with van der Waals surface area (Å²) >= 11 is 3.25. The van der Waals surface area contributed by atoms with Gasteiger partial charge in [-0.25, -0.2) is 0 Å². The van der Waals surface area contributed by atoms with Gasteiger partial charge in [-0.05, 0) is 19.1 Å². The standard InChI is InChI=1S/C7H12BrN5O/c1-7(2,8)6(14)9-4-5-10-12-13(3)11-5/h4H2,1-3H3,(H,9,14). The van der Waals surface area contributed by atoms with E-state index in [1.807, 2.05) is 0 Å². The van der Waals surface area contributed by atoms with E-state index in [1.165, 1.54) is 4.80 Å². The minimum atomic E-state index is -0.574. The Morgan fingerprint density at radius 1 is 1.64 bits per heavy atom. The molecule has 0 atom stereocenters. The molecule has 1 heterocycles. The molecule has 0 aliphatic rings. The molecule has 0 saturated heterocycles. The second kappa shape index (κ2) is 4.04. The van der Waals surface area contributed by atoms with Crippen LogP contribution in [0, 0.1) is 0 Å². The van der Waals surface area contributed by atoms with Crippen molar-refractivity contribution in [1.29, 1.82) is 0 Å². The average molecular weight is 262 g/mol. The van der Waals surface area contributed by atoms with Crippen molar-refractivity contribution in [2.75, 3.05) is 0 Å². The molecule has 0 radical (unpaired) electrons. The van der Waals surface area contributed by atoms with Crippen molar-refractivity contribution in [2.45, 2.75) is 24.7 Å². The molecule has 0 aromatic carbocycles. The first-order valence-electron chi connectivity index (χ1n) is 4.09. The van der Waals surface area contributed by atoms with E-state index in [0.29, 0.717) is 12.4 Å². The number of hydrogen-bond donors (Lipinski definition) is 1. The Hall–Kier alpha value is -0.980. The number of aryl methyl sites for hydroxylation is 1. The third kappa shape index (κ3) is 3.06. The summed E-state index contributed by atoms with van der Waals surface area (Å²) in [7, 11) is 1.67. The zero-order chi connectivity index (χ0) is 10.8. The van der Waals surface area contributed by atoms with Gasteiger partial charge in [0.15, 0.2) is 5.82 Å². The van der Waals surface area contributed by atoms with Crippen molar-refractivity contribution in [3.05, 3.63) is 5.82 Å². The molecule has 7 heteroatoms. The van der Waals surface area contributed by atoms with Crippen LogP contribution in [0.25, 0.3) is 0 Å². The summed E-state index contributed by atoms with van der Waals surface area (Å²) in [5.74, 6) is 0.391. The van der Waals surface area contributed by atoms with Gasteiger partial charge in [0.25, 0.3) is 0 Å². The minimum Gasteiger partial charge on any atom is -0.347 e. The molecular weight excluding hydrogens is 250 g/mol. The summed E-state index contributed by atoms with van der Waals surface area (Å²) in [6, 6.07) is 0. The Morgan fingerprint density at radius 2 is 2.29 bits per heavy atom. The van der Waals surface area contributed by atoms with Crippen molar-refractivity contribution in [1.82, 2.24) is 25.5 Å².